The van der Waals surface area contributed by atoms with E-state index in [1.54, 1.807) is 36.4 Å². The molecule has 27 heavy (non-hydrogen) atoms. The lowest BCUT2D eigenvalue weighted by atomic mass is 10.1. The Morgan fingerprint density at radius 2 is 1.85 bits per heavy atom. The van der Waals surface area contributed by atoms with Gasteiger partial charge < -0.3 is 25.0 Å². The quantitative estimate of drug-likeness (QED) is 0.834. The van der Waals surface area contributed by atoms with E-state index < -0.39 is 5.97 Å². The molecule has 0 saturated carbocycles. The number of ether oxygens (including phenoxy) is 1. The van der Waals surface area contributed by atoms with Crippen molar-refractivity contribution in [2.24, 2.45) is 0 Å². The van der Waals surface area contributed by atoms with E-state index in [9.17, 15) is 9.59 Å². The van der Waals surface area contributed by atoms with Crippen molar-refractivity contribution >= 4 is 17.8 Å². The van der Waals surface area contributed by atoms with Crippen molar-refractivity contribution in [2.45, 2.75) is 6.54 Å². The molecule has 0 radical (unpaired) electrons. The Morgan fingerprint density at radius 3 is 2.48 bits per heavy atom. The van der Waals surface area contributed by atoms with Gasteiger partial charge in [0.05, 0.1) is 12.7 Å². The number of nitrogens with zero attached hydrogens (tertiary/aromatic N) is 3. The number of carbonyl (C=O) groups is 2. The smallest absolute Gasteiger partial charge is 0.335 e. The largest absolute Gasteiger partial charge is 0.497 e. The Bertz CT molecular complexity index is 802. The molecule has 3 rings (SSSR count). The summed E-state index contributed by atoms with van der Waals surface area (Å²) in [5.74, 6) is 0.635. The van der Waals surface area contributed by atoms with Crippen LogP contribution in [0, 0.1) is 0 Å². The Labute approximate surface area is 157 Å². The van der Waals surface area contributed by atoms with Gasteiger partial charge in [0.15, 0.2) is 0 Å². The number of anilines is 1. The minimum atomic E-state index is -0.964. The second kappa shape index (κ2) is 8.39. The Morgan fingerprint density at radius 1 is 1.15 bits per heavy atom. The third-order valence-electron chi connectivity index (χ3n) is 4.49. The molecule has 0 aliphatic carbocycles. The number of carboxylic acid groups (broad SMARTS) is 1. The third-order valence-corrected chi connectivity index (χ3v) is 4.49. The van der Waals surface area contributed by atoms with Crippen LogP contribution in [-0.2, 0) is 6.54 Å². The summed E-state index contributed by atoms with van der Waals surface area (Å²) in [7, 11) is 1.62. The number of benzene rings is 1. The summed E-state index contributed by atoms with van der Waals surface area (Å²) in [5, 5.41) is 11.8. The summed E-state index contributed by atoms with van der Waals surface area (Å²) in [5.41, 5.74) is 1.08. The fraction of sp³-hybridized carbons (Fsp3) is 0.316. The number of carboxylic acids is 1. The molecule has 2 heterocycles. The molecule has 1 aliphatic heterocycles. The molecule has 2 aromatic rings. The summed E-state index contributed by atoms with van der Waals surface area (Å²) in [6.45, 7) is 2.95. The summed E-state index contributed by atoms with van der Waals surface area (Å²) in [4.78, 5) is 31.5. The highest BCUT2D eigenvalue weighted by atomic mass is 16.5. The van der Waals surface area contributed by atoms with E-state index in [0.29, 0.717) is 32.7 Å². The lowest BCUT2D eigenvalue weighted by Gasteiger charge is -2.35. The summed E-state index contributed by atoms with van der Waals surface area (Å²) in [6, 6.07) is 10.0. The first-order valence-electron chi connectivity index (χ1n) is 8.67. The zero-order valence-electron chi connectivity index (χ0n) is 15.1. The molecule has 1 aromatic carbocycles. The SMILES string of the molecule is COc1ccnc(N2CCN(C(=O)NCc3ccc(C(=O)O)cc3)CC2)c1. The van der Waals surface area contributed by atoms with E-state index in [4.69, 9.17) is 9.84 Å². The topological polar surface area (TPSA) is 95.0 Å². The average Bonchev–Trinajstić information content (AvgIpc) is 2.72. The van der Waals surface area contributed by atoms with Crippen LogP contribution in [0.4, 0.5) is 10.6 Å². The molecule has 1 aliphatic rings. The number of methoxy groups -OCH3 is 1. The zero-order valence-corrected chi connectivity index (χ0v) is 15.1. The normalized spacial score (nSPS) is 14.0. The monoisotopic (exact) mass is 370 g/mol. The van der Waals surface area contributed by atoms with Crippen LogP contribution in [0.2, 0.25) is 0 Å². The first-order chi connectivity index (χ1) is 13.1. The lowest BCUT2D eigenvalue weighted by molar-refractivity contribution is 0.0697. The van der Waals surface area contributed by atoms with Gasteiger partial charge in [-0.3, -0.25) is 0 Å². The van der Waals surface area contributed by atoms with Gasteiger partial charge in [0.25, 0.3) is 0 Å². The molecular formula is C19H22N4O4. The standard InChI is InChI=1S/C19H22N4O4/c1-27-16-6-7-20-17(12-16)22-8-10-23(11-9-22)19(26)21-13-14-2-4-15(5-3-14)18(24)25/h2-7,12H,8-11,13H2,1H3,(H,21,26)(H,24,25). The molecule has 8 heteroatoms. The van der Waals surface area contributed by atoms with E-state index >= 15 is 0 Å². The van der Waals surface area contributed by atoms with Gasteiger partial charge in [-0.15, -0.1) is 0 Å². The molecule has 1 aromatic heterocycles. The number of rotatable bonds is 5. The third kappa shape index (κ3) is 4.66. The number of aromatic carboxylic acids is 1. The van der Waals surface area contributed by atoms with Crippen LogP contribution in [0.15, 0.2) is 42.6 Å². The number of pyridine rings is 1. The van der Waals surface area contributed by atoms with Crippen LogP contribution in [0.3, 0.4) is 0 Å². The van der Waals surface area contributed by atoms with Gasteiger partial charge in [0.1, 0.15) is 11.6 Å². The molecule has 2 N–H and O–H groups in total. The number of hydrogen-bond acceptors (Lipinski definition) is 5. The second-order valence-corrected chi connectivity index (χ2v) is 6.19. The molecule has 1 fully saturated rings. The van der Waals surface area contributed by atoms with Crippen LogP contribution in [0.25, 0.3) is 0 Å². The van der Waals surface area contributed by atoms with Gasteiger partial charge in [-0.2, -0.15) is 0 Å². The number of amides is 2. The van der Waals surface area contributed by atoms with Crippen molar-refractivity contribution < 1.29 is 19.4 Å². The van der Waals surface area contributed by atoms with E-state index in [-0.39, 0.29) is 11.6 Å². The fourth-order valence-corrected chi connectivity index (χ4v) is 2.89. The molecular weight excluding hydrogens is 348 g/mol. The predicted molar refractivity (Wildman–Crippen MR) is 100 cm³/mol. The van der Waals surface area contributed by atoms with Gasteiger partial charge in [-0.1, -0.05) is 12.1 Å². The predicted octanol–water partition coefficient (Wildman–Crippen LogP) is 1.82. The molecule has 1 saturated heterocycles. The summed E-state index contributed by atoms with van der Waals surface area (Å²) in [6.07, 6.45) is 1.71. The van der Waals surface area contributed by atoms with E-state index in [1.165, 1.54) is 12.1 Å². The molecule has 8 nitrogen and oxygen atoms in total. The van der Waals surface area contributed by atoms with E-state index in [1.807, 2.05) is 6.07 Å². The molecule has 0 bridgehead atoms. The maximum atomic E-state index is 12.4. The molecule has 0 unspecified atom stereocenters. The van der Waals surface area contributed by atoms with Crippen LogP contribution in [0.1, 0.15) is 15.9 Å². The average molecular weight is 370 g/mol. The Kier molecular flexibility index (Phi) is 5.75. The Hall–Kier alpha value is -3.29. The van der Waals surface area contributed by atoms with E-state index in [2.05, 4.69) is 15.2 Å². The minimum absolute atomic E-state index is 0.129. The maximum absolute atomic E-state index is 12.4. The highest BCUT2D eigenvalue weighted by Gasteiger charge is 2.22. The van der Waals surface area contributed by atoms with Crippen LogP contribution < -0.4 is 15.0 Å². The van der Waals surface area contributed by atoms with Crippen LogP contribution in [0.5, 0.6) is 5.75 Å². The van der Waals surface area contributed by atoms with Crippen molar-refractivity contribution in [1.82, 2.24) is 15.2 Å². The van der Waals surface area contributed by atoms with Crippen molar-refractivity contribution in [3.05, 3.63) is 53.7 Å². The van der Waals surface area contributed by atoms with Crippen molar-refractivity contribution in [3.8, 4) is 5.75 Å². The number of urea groups is 1. The first-order valence-corrected chi connectivity index (χ1v) is 8.67. The van der Waals surface area contributed by atoms with E-state index in [0.717, 1.165) is 17.1 Å². The minimum Gasteiger partial charge on any atom is -0.497 e. The number of carbonyl (C=O) groups excluding carboxylic acids is 1. The molecule has 2 amide bonds. The van der Waals surface area contributed by atoms with Gasteiger partial charge in [0.2, 0.25) is 0 Å². The lowest BCUT2D eigenvalue weighted by Crippen LogP contribution is -2.51. The van der Waals surface area contributed by atoms with Gasteiger partial charge in [-0.25, -0.2) is 14.6 Å². The highest BCUT2D eigenvalue weighted by molar-refractivity contribution is 5.87. The highest BCUT2D eigenvalue weighted by Crippen LogP contribution is 2.19. The molecule has 0 spiro atoms. The number of aromatic nitrogens is 1. The van der Waals surface area contributed by atoms with Crippen molar-refractivity contribution in [1.29, 1.82) is 0 Å². The van der Waals surface area contributed by atoms with Gasteiger partial charge in [-0.05, 0) is 23.8 Å². The number of hydrogen-bond donors (Lipinski definition) is 2. The number of piperazine rings is 1. The second-order valence-electron chi connectivity index (χ2n) is 6.19. The van der Waals surface area contributed by atoms with Crippen molar-refractivity contribution in [3.63, 3.8) is 0 Å². The Balaban J connectivity index is 1.48. The van der Waals surface area contributed by atoms with Crippen LogP contribution >= 0.6 is 0 Å². The summed E-state index contributed by atoms with van der Waals surface area (Å²) < 4.78 is 5.23. The molecule has 0 atom stereocenters. The zero-order chi connectivity index (χ0) is 19.2. The maximum Gasteiger partial charge on any atom is 0.335 e. The van der Waals surface area contributed by atoms with Gasteiger partial charge >= 0.3 is 12.0 Å². The fourth-order valence-electron chi connectivity index (χ4n) is 2.89. The first kappa shape index (κ1) is 18.5. The van der Waals surface area contributed by atoms with Crippen molar-refractivity contribution in [2.75, 3.05) is 38.2 Å². The number of nitrogens with one attached hydrogen (secondary N) is 1. The summed E-state index contributed by atoms with van der Waals surface area (Å²) >= 11 is 0. The van der Waals surface area contributed by atoms with Gasteiger partial charge in [0, 0.05) is 45.0 Å². The van der Waals surface area contributed by atoms with Crippen LogP contribution in [-0.4, -0.2) is 60.3 Å². The molecule has 142 valence electrons.